The summed E-state index contributed by atoms with van der Waals surface area (Å²) in [6.07, 6.45) is 11.2. The van der Waals surface area contributed by atoms with Gasteiger partial charge in [0.05, 0.1) is 0 Å². The molecule has 2 aliphatic rings. The number of benzene rings is 1. The van der Waals surface area contributed by atoms with Crippen LogP contribution < -0.4 is 4.48 Å². The Morgan fingerprint density at radius 3 is 2.61 bits per heavy atom. The lowest BCUT2D eigenvalue weighted by Gasteiger charge is -2.35. The van der Waals surface area contributed by atoms with E-state index in [0.717, 1.165) is 35.5 Å². The second-order valence-electron chi connectivity index (χ2n) is 7.11. The Bertz CT molecular complexity index is 1150. The molecule has 134 valence electrons. The summed E-state index contributed by atoms with van der Waals surface area (Å²) in [5.74, 6) is 7.24. The van der Waals surface area contributed by atoms with Gasteiger partial charge in [-0.25, -0.2) is 9.47 Å². The number of hydrogen-bond acceptors (Lipinski definition) is 3. The molecule has 1 aliphatic heterocycles. The van der Waals surface area contributed by atoms with E-state index in [0.29, 0.717) is 16.1 Å². The predicted molar refractivity (Wildman–Crippen MR) is 109 cm³/mol. The molecular formula is C24H18N3O+. The molecule has 1 aromatic carbocycles. The van der Waals surface area contributed by atoms with E-state index in [-0.39, 0.29) is 5.78 Å². The Labute approximate surface area is 163 Å². The van der Waals surface area contributed by atoms with Gasteiger partial charge < -0.3 is 0 Å². The average Bonchev–Trinajstić information content (AvgIpc) is 3.60. The van der Waals surface area contributed by atoms with Crippen molar-refractivity contribution in [2.75, 3.05) is 0 Å². The minimum atomic E-state index is 0.0185. The van der Waals surface area contributed by atoms with Crippen molar-refractivity contribution in [1.29, 1.82) is 0 Å². The second kappa shape index (κ2) is 6.56. The van der Waals surface area contributed by atoms with Crippen molar-refractivity contribution in [2.24, 2.45) is 0 Å². The van der Waals surface area contributed by atoms with Crippen LogP contribution in [0.2, 0.25) is 0 Å². The zero-order chi connectivity index (χ0) is 19.0. The van der Waals surface area contributed by atoms with Crippen LogP contribution in [0.3, 0.4) is 0 Å². The number of aromatic nitrogens is 2. The Kier molecular flexibility index (Phi) is 3.89. The molecule has 1 unspecified atom stereocenters. The number of ketones is 1. The molecule has 5 rings (SSSR count). The van der Waals surface area contributed by atoms with Gasteiger partial charge in [-0.3, -0.25) is 9.78 Å². The summed E-state index contributed by atoms with van der Waals surface area (Å²) < 4.78 is 0.490. The smallest absolute Gasteiger partial charge is 0.248 e. The molecule has 28 heavy (non-hydrogen) atoms. The van der Waals surface area contributed by atoms with Gasteiger partial charge in [0.15, 0.2) is 5.78 Å². The van der Waals surface area contributed by atoms with E-state index in [4.69, 9.17) is 0 Å². The Balaban J connectivity index is 1.63. The van der Waals surface area contributed by atoms with Gasteiger partial charge in [0.1, 0.15) is 23.5 Å². The van der Waals surface area contributed by atoms with E-state index >= 15 is 0 Å². The fourth-order valence-electron chi connectivity index (χ4n) is 3.82. The largest absolute Gasteiger partial charge is 0.289 e. The number of allylic oxidation sites excluding steroid dienone is 1. The van der Waals surface area contributed by atoms with Crippen LogP contribution in [-0.2, 0) is 0 Å². The maximum absolute atomic E-state index is 12.4. The van der Waals surface area contributed by atoms with Crippen LogP contribution in [0.4, 0.5) is 11.5 Å². The summed E-state index contributed by atoms with van der Waals surface area (Å²) in [4.78, 5) is 21.2. The zero-order valence-electron chi connectivity index (χ0n) is 15.2. The van der Waals surface area contributed by atoms with Gasteiger partial charge in [0.25, 0.3) is 0 Å². The van der Waals surface area contributed by atoms with Crippen molar-refractivity contribution >= 4 is 17.3 Å². The second-order valence-corrected chi connectivity index (χ2v) is 7.11. The highest BCUT2D eigenvalue weighted by Gasteiger charge is 2.51. The summed E-state index contributed by atoms with van der Waals surface area (Å²) >= 11 is 0. The molecule has 3 aromatic rings. The quantitative estimate of drug-likeness (QED) is 0.500. The van der Waals surface area contributed by atoms with Crippen molar-refractivity contribution in [3.63, 3.8) is 0 Å². The molecule has 1 aliphatic carbocycles. The zero-order valence-corrected chi connectivity index (χ0v) is 15.2. The van der Waals surface area contributed by atoms with Crippen molar-refractivity contribution in [3.8, 4) is 11.8 Å². The number of pyridine rings is 2. The maximum Gasteiger partial charge on any atom is 0.248 e. The van der Waals surface area contributed by atoms with E-state index in [9.17, 15) is 4.79 Å². The number of nitrogens with zero attached hydrogens (tertiary/aromatic N) is 3. The van der Waals surface area contributed by atoms with Gasteiger partial charge in [-0.1, -0.05) is 17.9 Å². The van der Waals surface area contributed by atoms with Crippen LogP contribution in [0.15, 0.2) is 79.4 Å². The number of quaternary nitrogens is 1. The highest BCUT2D eigenvalue weighted by Crippen LogP contribution is 2.48. The maximum atomic E-state index is 12.4. The highest BCUT2D eigenvalue weighted by atomic mass is 16.1. The number of rotatable bonds is 2. The van der Waals surface area contributed by atoms with Crippen LogP contribution >= 0.6 is 0 Å². The third-order valence-corrected chi connectivity index (χ3v) is 5.27. The van der Waals surface area contributed by atoms with Gasteiger partial charge in [0.2, 0.25) is 5.82 Å². The minimum absolute atomic E-state index is 0.0185. The molecule has 3 heterocycles. The lowest BCUT2D eigenvalue weighted by Crippen LogP contribution is -2.44. The summed E-state index contributed by atoms with van der Waals surface area (Å²) in [5, 5.41) is 0. The fourth-order valence-corrected chi connectivity index (χ4v) is 3.82. The molecule has 1 fully saturated rings. The molecule has 0 N–H and O–H groups in total. The first-order chi connectivity index (χ1) is 13.8. The Morgan fingerprint density at radius 2 is 1.79 bits per heavy atom. The fraction of sp³-hybridized carbons (Fsp3) is 0.125. The SMILES string of the molecule is O=C1C=C[N+](c2cccc(C#Cc3cccnc3)c2)(C2CC2)c2ncccc21. The van der Waals surface area contributed by atoms with Gasteiger partial charge >= 0.3 is 0 Å². The lowest BCUT2D eigenvalue weighted by molar-refractivity contribution is 0.104. The molecule has 1 saturated carbocycles. The topological polar surface area (TPSA) is 42.9 Å². The third kappa shape index (κ3) is 2.74. The summed E-state index contributed by atoms with van der Waals surface area (Å²) in [6.45, 7) is 0. The summed E-state index contributed by atoms with van der Waals surface area (Å²) in [7, 11) is 0. The molecule has 0 amide bonds. The Morgan fingerprint density at radius 1 is 0.964 bits per heavy atom. The van der Waals surface area contributed by atoms with Gasteiger partial charge in [-0.05, 0) is 30.3 Å². The van der Waals surface area contributed by atoms with Crippen LogP contribution in [0.1, 0.15) is 34.3 Å². The summed E-state index contributed by atoms with van der Waals surface area (Å²) in [5.41, 5.74) is 3.59. The van der Waals surface area contributed by atoms with Crippen molar-refractivity contribution in [3.05, 3.63) is 96.1 Å². The first-order valence-electron chi connectivity index (χ1n) is 9.38. The van der Waals surface area contributed by atoms with E-state index in [1.165, 1.54) is 0 Å². The van der Waals surface area contributed by atoms with Crippen molar-refractivity contribution in [1.82, 2.24) is 14.5 Å². The highest BCUT2D eigenvalue weighted by molar-refractivity contribution is 6.10. The van der Waals surface area contributed by atoms with Crippen LogP contribution in [0, 0.1) is 11.8 Å². The normalized spacial score (nSPS) is 20.2. The lowest BCUT2D eigenvalue weighted by atomic mass is 10.0. The third-order valence-electron chi connectivity index (χ3n) is 5.27. The molecular weight excluding hydrogens is 346 g/mol. The van der Waals surface area contributed by atoms with Gasteiger partial charge in [-0.2, -0.15) is 0 Å². The van der Waals surface area contributed by atoms with E-state index in [1.54, 1.807) is 24.7 Å². The number of carbonyl (C=O) groups excluding carboxylic acids is 1. The minimum Gasteiger partial charge on any atom is -0.289 e. The molecule has 2 aromatic heterocycles. The van der Waals surface area contributed by atoms with Crippen LogP contribution in [-0.4, -0.2) is 21.8 Å². The molecule has 0 radical (unpaired) electrons. The monoisotopic (exact) mass is 364 g/mol. The molecule has 4 heteroatoms. The molecule has 4 nitrogen and oxygen atoms in total. The Hall–Kier alpha value is -3.55. The first-order valence-corrected chi connectivity index (χ1v) is 9.38. The molecule has 0 bridgehead atoms. The average molecular weight is 364 g/mol. The first kappa shape index (κ1) is 16.6. The van der Waals surface area contributed by atoms with Crippen molar-refractivity contribution < 1.29 is 4.79 Å². The van der Waals surface area contributed by atoms with E-state index < -0.39 is 0 Å². The summed E-state index contributed by atoms with van der Waals surface area (Å²) in [6, 6.07) is 16.2. The van der Waals surface area contributed by atoms with Gasteiger partial charge in [-0.15, -0.1) is 0 Å². The van der Waals surface area contributed by atoms with E-state index in [2.05, 4.69) is 33.9 Å². The van der Waals surface area contributed by atoms with Gasteiger partial charge in [0, 0.05) is 60.8 Å². The number of carbonyl (C=O) groups is 1. The number of fused-ring (bicyclic) bond motifs is 1. The predicted octanol–water partition coefficient (Wildman–Crippen LogP) is 4.39. The molecule has 0 saturated heterocycles. The van der Waals surface area contributed by atoms with Crippen LogP contribution in [0.25, 0.3) is 0 Å². The standard InChI is InChI=1S/C24H18N3O/c28-23-12-15-27(20-10-11-20,24-22(23)7-3-14-26-24)21-6-1-4-18(16-21)8-9-19-5-2-13-25-17-19/h1-7,12-17,20H,10-11H2/q+1. The van der Waals surface area contributed by atoms with Crippen molar-refractivity contribution in [2.45, 2.75) is 18.9 Å². The molecule has 0 spiro atoms. The van der Waals surface area contributed by atoms with Crippen LogP contribution in [0.5, 0.6) is 0 Å². The van der Waals surface area contributed by atoms with E-state index in [1.807, 2.05) is 42.6 Å². The number of hydrogen-bond donors (Lipinski definition) is 0. The molecule has 1 atom stereocenters.